The van der Waals surface area contributed by atoms with Crippen LogP contribution < -0.4 is 0 Å². The summed E-state index contributed by atoms with van der Waals surface area (Å²) in [7, 11) is 6.40. The predicted octanol–water partition coefficient (Wildman–Crippen LogP) is 3.80. The van der Waals surface area contributed by atoms with Crippen LogP contribution >= 0.6 is 0 Å². The summed E-state index contributed by atoms with van der Waals surface area (Å²) in [4.78, 5) is 17.4. The highest BCUT2D eigenvalue weighted by Crippen LogP contribution is 2.46. The number of hydrogen-bond donors (Lipinski definition) is 0. The fourth-order valence-corrected chi connectivity index (χ4v) is 4.84. The highest BCUT2D eigenvalue weighted by atomic mass is 16.2. The van der Waals surface area contributed by atoms with Crippen LogP contribution in [0.1, 0.15) is 52.7 Å². The molecule has 0 N–H and O–H groups in total. The number of aryl methyl sites for hydroxylation is 3. The second kappa shape index (κ2) is 6.51. The standard InChI is InChI=1S/C21H32N2O/c1-13-7-15(3)20(8-14(13)2)21(24)23(6)19-11-16-9-18(22(4)5)10-17(16)12-19/h7-8,16-19H,9-12H2,1-6H3/t16-,17+,18?,19?. The molecule has 0 saturated heterocycles. The van der Waals surface area contributed by atoms with E-state index in [2.05, 4.69) is 51.9 Å². The van der Waals surface area contributed by atoms with Crippen LogP contribution in [-0.4, -0.2) is 48.9 Å². The maximum absolute atomic E-state index is 13.0. The Hall–Kier alpha value is -1.35. The van der Waals surface area contributed by atoms with Crippen LogP contribution in [0.2, 0.25) is 0 Å². The Kier molecular flexibility index (Phi) is 4.74. The highest BCUT2D eigenvalue weighted by molar-refractivity contribution is 5.96. The van der Waals surface area contributed by atoms with Gasteiger partial charge in [0.2, 0.25) is 0 Å². The molecule has 0 bridgehead atoms. The van der Waals surface area contributed by atoms with Crippen LogP contribution in [-0.2, 0) is 0 Å². The van der Waals surface area contributed by atoms with Crippen LogP contribution in [0.5, 0.6) is 0 Å². The summed E-state index contributed by atoms with van der Waals surface area (Å²) < 4.78 is 0. The van der Waals surface area contributed by atoms with Gasteiger partial charge in [0.25, 0.3) is 5.91 Å². The molecule has 0 spiro atoms. The minimum atomic E-state index is 0.199. The Morgan fingerprint density at radius 2 is 1.33 bits per heavy atom. The first kappa shape index (κ1) is 17.5. The van der Waals surface area contributed by atoms with Crippen molar-refractivity contribution in [2.45, 2.75) is 58.5 Å². The van der Waals surface area contributed by atoms with E-state index in [-0.39, 0.29) is 5.91 Å². The molecule has 3 nitrogen and oxygen atoms in total. The summed E-state index contributed by atoms with van der Waals surface area (Å²) in [6.07, 6.45) is 4.97. The average Bonchev–Trinajstić information content (AvgIpc) is 3.08. The van der Waals surface area contributed by atoms with Crippen LogP contribution in [0.15, 0.2) is 12.1 Å². The van der Waals surface area contributed by atoms with Gasteiger partial charge in [-0.25, -0.2) is 0 Å². The lowest BCUT2D eigenvalue weighted by atomic mass is 9.99. The Labute approximate surface area is 147 Å². The normalized spacial score (nSPS) is 29.1. The zero-order chi connectivity index (χ0) is 17.6. The molecule has 2 aliphatic rings. The zero-order valence-corrected chi connectivity index (χ0v) is 16.1. The average molecular weight is 329 g/mol. The van der Waals surface area contributed by atoms with E-state index in [1.807, 2.05) is 11.9 Å². The molecule has 1 aromatic carbocycles. The molecule has 1 amide bonds. The highest BCUT2D eigenvalue weighted by Gasteiger charge is 2.44. The summed E-state index contributed by atoms with van der Waals surface area (Å²) in [5, 5.41) is 0. The Morgan fingerprint density at radius 3 is 1.88 bits per heavy atom. The van der Waals surface area contributed by atoms with Gasteiger partial charge in [-0.15, -0.1) is 0 Å². The second-order valence-corrected chi connectivity index (χ2v) is 8.40. The molecule has 3 heteroatoms. The van der Waals surface area contributed by atoms with Crippen LogP contribution in [0.25, 0.3) is 0 Å². The van der Waals surface area contributed by atoms with Gasteiger partial charge >= 0.3 is 0 Å². The second-order valence-electron chi connectivity index (χ2n) is 8.40. The lowest BCUT2D eigenvalue weighted by molar-refractivity contribution is 0.0725. The van der Waals surface area contributed by atoms with Crippen molar-refractivity contribution in [3.8, 4) is 0 Å². The maximum atomic E-state index is 13.0. The molecule has 2 saturated carbocycles. The van der Waals surface area contributed by atoms with Gasteiger partial charge in [0, 0.05) is 24.7 Å². The van der Waals surface area contributed by atoms with E-state index in [1.165, 1.54) is 36.8 Å². The molecular weight excluding hydrogens is 296 g/mol. The topological polar surface area (TPSA) is 23.6 Å². The smallest absolute Gasteiger partial charge is 0.254 e. The van der Waals surface area contributed by atoms with Gasteiger partial charge < -0.3 is 9.80 Å². The SMILES string of the molecule is Cc1cc(C)c(C(=O)N(C)C2C[C@H]3CC(N(C)C)C[C@H]3C2)cc1C. The van der Waals surface area contributed by atoms with Crippen molar-refractivity contribution in [1.82, 2.24) is 9.80 Å². The van der Waals surface area contributed by atoms with Crippen molar-refractivity contribution in [1.29, 1.82) is 0 Å². The zero-order valence-electron chi connectivity index (χ0n) is 16.1. The van der Waals surface area contributed by atoms with Gasteiger partial charge in [-0.1, -0.05) is 6.07 Å². The van der Waals surface area contributed by atoms with E-state index in [4.69, 9.17) is 0 Å². The minimum Gasteiger partial charge on any atom is -0.339 e. The molecule has 0 radical (unpaired) electrons. The number of fused-ring (bicyclic) bond motifs is 1. The summed E-state index contributed by atoms with van der Waals surface area (Å²) in [5.41, 5.74) is 4.44. The van der Waals surface area contributed by atoms with Gasteiger partial charge in [-0.05, 0) is 95.1 Å². The van der Waals surface area contributed by atoms with Crippen molar-refractivity contribution in [3.63, 3.8) is 0 Å². The number of nitrogens with zero attached hydrogens (tertiary/aromatic N) is 2. The molecule has 2 aliphatic carbocycles. The predicted molar refractivity (Wildman–Crippen MR) is 99.5 cm³/mol. The number of amides is 1. The quantitative estimate of drug-likeness (QED) is 0.842. The van der Waals surface area contributed by atoms with Crippen molar-refractivity contribution < 1.29 is 4.79 Å². The Bertz CT molecular complexity index is 623. The molecule has 24 heavy (non-hydrogen) atoms. The summed E-state index contributed by atoms with van der Waals surface area (Å²) in [6.45, 7) is 6.26. The van der Waals surface area contributed by atoms with E-state index >= 15 is 0 Å². The van der Waals surface area contributed by atoms with Crippen molar-refractivity contribution in [3.05, 3.63) is 34.4 Å². The molecule has 4 atom stereocenters. The van der Waals surface area contributed by atoms with Crippen LogP contribution in [0, 0.1) is 32.6 Å². The monoisotopic (exact) mass is 328 g/mol. The fraction of sp³-hybridized carbons (Fsp3) is 0.667. The summed E-state index contributed by atoms with van der Waals surface area (Å²) >= 11 is 0. The number of carbonyl (C=O) groups is 1. The first-order chi connectivity index (χ1) is 11.3. The fourth-order valence-electron chi connectivity index (χ4n) is 4.84. The van der Waals surface area contributed by atoms with Crippen molar-refractivity contribution >= 4 is 5.91 Å². The van der Waals surface area contributed by atoms with Gasteiger partial charge in [-0.2, -0.15) is 0 Å². The lowest BCUT2D eigenvalue weighted by Crippen LogP contribution is -2.37. The lowest BCUT2D eigenvalue weighted by Gasteiger charge is -2.28. The van der Waals surface area contributed by atoms with Crippen LogP contribution in [0.4, 0.5) is 0 Å². The van der Waals surface area contributed by atoms with Gasteiger partial charge in [-0.3, -0.25) is 4.79 Å². The van der Waals surface area contributed by atoms with Gasteiger partial charge in [0.15, 0.2) is 0 Å². The van der Waals surface area contributed by atoms with E-state index < -0.39 is 0 Å². The summed E-state index contributed by atoms with van der Waals surface area (Å²) in [6, 6.07) is 5.36. The molecule has 132 valence electrons. The van der Waals surface area contributed by atoms with E-state index in [1.54, 1.807) is 0 Å². The molecule has 3 rings (SSSR count). The number of rotatable bonds is 3. The Balaban J connectivity index is 1.69. The molecule has 0 aliphatic heterocycles. The molecular formula is C21H32N2O. The third kappa shape index (κ3) is 3.11. The first-order valence-electron chi connectivity index (χ1n) is 9.29. The van der Waals surface area contributed by atoms with E-state index in [0.29, 0.717) is 6.04 Å². The largest absolute Gasteiger partial charge is 0.339 e. The van der Waals surface area contributed by atoms with Crippen LogP contribution in [0.3, 0.4) is 0 Å². The molecule has 1 aromatic rings. The van der Waals surface area contributed by atoms with Gasteiger partial charge in [0.05, 0.1) is 0 Å². The molecule has 2 fully saturated rings. The third-order valence-corrected chi connectivity index (χ3v) is 6.64. The van der Waals surface area contributed by atoms with Gasteiger partial charge in [0.1, 0.15) is 0 Å². The number of benzene rings is 1. The minimum absolute atomic E-state index is 0.199. The third-order valence-electron chi connectivity index (χ3n) is 6.64. The maximum Gasteiger partial charge on any atom is 0.254 e. The first-order valence-corrected chi connectivity index (χ1v) is 9.29. The number of carbonyl (C=O) groups excluding carboxylic acids is 1. The van der Waals surface area contributed by atoms with E-state index in [9.17, 15) is 4.79 Å². The molecule has 0 heterocycles. The van der Waals surface area contributed by atoms with E-state index in [0.717, 1.165) is 29.0 Å². The molecule has 2 unspecified atom stereocenters. The molecule has 0 aromatic heterocycles. The van der Waals surface area contributed by atoms with Crippen molar-refractivity contribution in [2.24, 2.45) is 11.8 Å². The Morgan fingerprint density at radius 1 is 0.833 bits per heavy atom. The summed E-state index contributed by atoms with van der Waals surface area (Å²) in [5.74, 6) is 1.81. The van der Waals surface area contributed by atoms with Crippen molar-refractivity contribution in [2.75, 3.05) is 21.1 Å². The number of hydrogen-bond acceptors (Lipinski definition) is 2.